The highest BCUT2D eigenvalue weighted by atomic mass is 79.9. The summed E-state index contributed by atoms with van der Waals surface area (Å²) in [7, 11) is 0. The molecule has 4 nitrogen and oxygen atoms in total. The summed E-state index contributed by atoms with van der Waals surface area (Å²) in [5.74, 6) is -0.223. The van der Waals surface area contributed by atoms with E-state index in [1.807, 2.05) is 0 Å². The van der Waals surface area contributed by atoms with Crippen molar-refractivity contribution in [3.63, 3.8) is 0 Å². The quantitative estimate of drug-likeness (QED) is 0.855. The lowest BCUT2D eigenvalue weighted by Gasteiger charge is -2.34. The SMILES string of the molecule is CCNC(C)c1ccc(N2CCCC(C(N)=O)C2)c(Br)c1. The maximum absolute atomic E-state index is 11.4. The van der Waals surface area contributed by atoms with Gasteiger partial charge in [0.05, 0.1) is 11.6 Å². The molecule has 1 saturated heterocycles. The van der Waals surface area contributed by atoms with E-state index in [1.165, 1.54) is 5.56 Å². The van der Waals surface area contributed by atoms with Crippen LogP contribution in [0, 0.1) is 5.92 Å². The van der Waals surface area contributed by atoms with Crippen LogP contribution in [0.5, 0.6) is 0 Å². The van der Waals surface area contributed by atoms with Crippen LogP contribution < -0.4 is 16.0 Å². The highest BCUT2D eigenvalue weighted by Crippen LogP contribution is 2.32. The maximum Gasteiger partial charge on any atom is 0.222 e. The second kappa shape index (κ2) is 7.27. The molecule has 1 aromatic carbocycles. The van der Waals surface area contributed by atoms with Crippen LogP contribution >= 0.6 is 15.9 Å². The summed E-state index contributed by atoms with van der Waals surface area (Å²) in [6.07, 6.45) is 1.91. The fourth-order valence-electron chi connectivity index (χ4n) is 2.90. The second-order valence-electron chi connectivity index (χ2n) is 5.68. The Bertz CT molecular complexity index is 506. The van der Waals surface area contributed by atoms with Gasteiger partial charge in [-0.05, 0) is 59.9 Å². The number of nitrogens with zero attached hydrogens (tertiary/aromatic N) is 1. The highest BCUT2D eigenvalue weighted by Gasteiger charge is 2.25. The summed E-state index contributed by atoms with van der Waals surface area (Å²) in [6.45, 7) is 6.92. The molecule has 1 fully saturated rings. The molecule has 3 N–H and O–H groups in total. The Balaban J connectivity index is 2.15. The number of anilines is 1. The Kier molecular flexibility index (Phi) is 5.65. The van der Waals surface area contributed by atoms with E-state index in [1.54, 1.807) is 0 Å². The zero-order chi connectivity index (χ0) is 15.4. The molecule has 116 valence electrons. The molecule has 1 heterocycles. The molecule has 1 amide bonds. The number of nitrogens with one attached hydrogen (secondary N) is 1. The molecule has 1 aliphatic heterocycles. The number of piperidine rings is 1. The summed E-state index contributed by atoms with van der Waals surface area (Å²) in [6, 6.07) is 6.79. The van der Waals surface area contributed by atoms with E-state index in [4.69, 9.17) is 5.73 Å². The topological polar surface area (TPSA) is 58.4 Å². The second-order valence-corrected chi connectivity index (χ2v) is 6.53. The Hall–Kier alpha value is -1.07. The summed E-state index contributed by atoms with van der Waals surface area (Å²) < 4.78 is 1.08. The van der Waals surface area contributed by atoms with Crippen LogP contribution in [0.3, 0.4) is 0 Å². The molecule has 0 bridgehead atoms. The molecular formula is C16H24BrN3O. The van der Waals surface area contributed by atoms with Crippen molar-refractivity contribution in [2.24, 2.45) is 11.7 Å². The van der Waals surface area contributed by atoms with Gasteiger partial charge in [-0.15, -0.1) is 0 Å². The lowest BCUT2D eigenvalue weighted by molar-refractivity contribution is -0.122. The minimum Gasteiger partial charge on any atom is -0.370 e. The van der Waals surface area contributed by atoms with Gasteiger partial charge in [-0.2, -0.15) is 0 Å². The molecule has 1 aromatic rings. The number of hydrogen-bond acceptors (Lipinski definition) is 3. The first-order valence-electron chi connectivity index (χ1n) is 7.60. The summed E-state index contributed by atoms with van der Waals surface area (Å²) in [5.41, 5.74) is 7.86. The van der Waals surface area contributed by atoms with Crippen molar-refractivity contribution in [1.29, 1.82) is 0 Å². The summed E-state index contributed by atoms with van der Waals surface area (Å²) >= 11 is 3.67. The number of hydrogen-bond donors (Lipinski definition) is 2. The third-order valence-electron chi connectivity index (χ3n) is 4.15. The third-order valence-corrected chi connectivity index (χ3v) is 4.78. The van der Waals surface area contributed by atoms with E-state index in [0.717, 1.165) is 42.6 Å². The smallest absolute Gasteiger partial charge is 0.222 e. The molecule has 5 heteroatoms. The van der Waals surface area contributed by atoms with Gasteiger partial charge in [-0.25, -0.2) is 0 Å². The van der Waals surface area contributed by atoms with E-state index in [9.17, 15) is 4.79 Å². The average molecular weight is 354 g/mol. The van der Waals surface area contributed by atoms with Gasteiger partial charge in [-0.3, -0.25) is 4.79 Å². The number of primary amides is 1. The maximum atomic E-state index is 11.4. The molecule has 2 rings (SSSR count). The number of carbonyl (C=O) groups excluding carboxylic acids is 1. The lowest BCUT2D eigenvalue weighted by atomic mass is 9.96. The fraction of sp³-hybridized carbons (Fsp3) is 0.562. The number of nitrogens with two attached hydrogens (primary N) is 1. The standard InChI is InChI=1S/C16H24BrN3O/c1-3-19-11(2)12-6-7-15(14(17)9-12)20-8-4-5-13(10-20)16(18)21/h6-7,9,11,13,19H,3-5,8,10H2,1-2H3,(H2,18,21). The van der Waals surface area contributed by atoms with Crippen LogP contribution in [0.2, 0.25) is 0 Å². The predicted octanol–water partition coefficient (Wildman–Crippen LogP) is 2.82. The van der Waals surface area contributed by atoms with Gasteiger partial charge in [0.15, 0.2) is 0 Å². The minimum absolute atomic E-state index is 0.0361. The number of amides is 1. The van der Waals surface area contributed by atoms with E-state index in [0.29, 0.717) is 6.04 Å². The van der Waals surface area contributed by atoms with Crippen molar-refractivity contribution in [2.45, 2.75) is 32.7 Å². The lowest BCUT2D eigenvalue weighted by Crippen LogP contribution is -2.41. The number of rotatable bonds is 5. The first-order chi connectivity index (χ1) is 10.0. The van der Waals surface area contributed by atoms with E-state index in [2.05, 4.69) is 58.2 Å². The summed E-state index contributed by atoms with van der Waals surface area (Å²) in [5, 5.41) is 3.41. The van der Waals surface area contributed by atoms with Gasteiger partial charge in [0.25, 0.3) is 0 Å². The van der Waals surface area contributed by atoms with Crippen molar-refractivity contribution < 1.29 is 4.79 Å². The molecule has 0 saturated carbocycles. The Labute approximate surface area is 135 Å². The number of benzene rings is 1. The predicted molar refractivity (Wildman–Crippen MR) is 90.4 cm³/mol. The first kappa shape index (κ1) is 16.3. The first-order valence-corrected chi connectivity index (χ1v) is 8.39. The molecule has 0 radical (unpaired) electrons. The van der Waals surface area contributed by atoms with Crippen molar-refractivity contribution in [3.05, 3.63) is 28.2 Å². The highest BCUT2D eigenvalue weighted by molar-refractivity contribution is 9.10. The largest absolute Gasteiger partial charge is 0.370 e. The van der Waals surface area contributed by atoms with Gasteiger partial charge >= 0.3 is 0 Å². The van der Waals surface area contributed by atoms with Crippen LogP contribution in [-0.4, -0.2) is 25.5 Å². The van der Waals surface area contributed by atoms with Gasteiger partial charge in [0, 0.05) is 23.6 Å². The van der Waals surface area contributed by atoms with Gasteiger partial charge in [-0.1, -0.05) is 13.0 Å². The molecule has 0 aromatic heterocycles. The van der Waals surface area contributed by atoms with Crippen molar-refractivity contribution >= 4 is 27.5 Å². The van der Waals surface area contributed by atoms with Crippen LogP contribution in [-0.2, 0) is 4.79 Å². The molecule has 21 heavy (non-hydrogen) atoms. The minimum atomic E-state index is -0.187. The average Bonchev–Trinajstić information content (AvgIpc) is 2.47. The Morgan fingerprint density at radius 1 is 1.57 bits per heavy atom. The Morgan fingerprint density at radius 3 is 2.95 bits per heavy atom. The third kappa shape index (κ3) is 3.98. The van der Waals surface area contributed by atoms with Crippen molar-refractivity contribution in [3.8, 4) is 0 Å². The number of halogens is 1. The van der Waals surface area contributed by atoms with E-state index in [-0.39, 0.29) is 11.8 Å². The van der Waals surface area contributed by atoms with Gasteiger partial charge in [0.1, 0.15) is 0 Å². The molecule has 0 spiro atoms. The van der Waals surface area contributed by atoms with Crippen molar-refractivity contribution in [2.75, 3.05) is 24.5 Å². The van der Waals surface area contributed by atoms with Crippen molar-refractivity contribution in [1.82, 2.24) is 5.32 Å². The zero-order valence-electron chi connectivity index (χ0n) is 12.7. The van der Waals surface area contributed by atoms with Crippen LogP contribution in [0.4, 0.5) is 5.69 Å². The normalized spacial score (nSPS) is 20.3. The molecule has 0 aliphatic carbocycles. The molecule has 2 unspecified atom stereocenters. The Morgan fingerprint density at radius 2 is 2.33 bits per heavy atom. The van der Waals surface area contributed by atoms with Crippen LogP contribution in [0.25, 0.3) is 0 Å². The monoisotopic (exact) mass is 353 g/mol. The van der Waals surface area contributed by atoms with Crippen LogP contribution in [0.15, 0.2) is 22.7 Å². The molecule has 1 aliphatic rings. The molecular weight excluding hydrogens is 330 g/mol. The zero-order valence-corrected chi connectivity index (χ0v) is 14.3. The summed E-state index contributed by atoms with van der Waals surface area (Å²) in [4.78, 5) is 13.7. The van der Waals surface area contributed by atoms with Gasteiger partial charge < -0.3 is 16.0 Å². The number of carbonyl (C=O) groups is 1. The fourth-order valence-corrected chi connectivity index (χ4v) is 3.55. The molecule has 2 atom stereocenters. The van der Waals surface area contributed by atoms with Crippen LogP contribution in [0.1, 0.15) is 38.3 Å². The van der Waals surface area contributed by atoms with E-state index >= 15 is 0 Å². The van der Waals surface area contributed by atoms with E-state index < -0.39 is 0 Å². The van der Waals surface area contributed by atoms with Gasteiger partial charge in [0.2, 0.25) is 5.91 Å².